The van der Waals surface area contributed by atoms with Crippen LogP contribution < -0.4 is 5.56 Å². The highest BCUT2D eigenvalue weighted by atomic mass is 35.5. The molecule has 0 unspecified atom stereocenters. The second-order valence-corrected chi connectivity index (χ2v) is 10.1. The van der Waals surface area contributed by atoms with Gasteiger partial charge in [-0.05, 0) is 88.1 Å². The van der Waals surface area contributed by atoms with Crippen LogP contribution >= 0.6 is 23.2 Å². The third-order valence-corrected chi connectivity index (χ3v) is 7.94. The summed E-state index contributed by atoms with van der Waals surface area (Å²) in [4.78, 5) is 15.7. The van der Waals surface area contributed by atoms with Gasteiger partial charge in [-0.15, -0.1) is 0 Å². The third-order valence-electron chi connectivity index (χ3n) is 7.13. The van der Waals surface area contributed by atoms with Crippen LogP contribution in [0, 0.1) is 12.8 Å². The molecule has 0 radical (unpaired) electrons. The van der Waals surface area contributed by atoms with Crippen LogP contribution in [0.5, 0.6) is 0 Å². The number of hydrogen-bond donors (Lipinski definition) is 0. The maximum atomic E-state index is 13.0. The van der Waals surface area contributed by atoms with E-state index in [-0.39, 0.29) is 5.56 Å². The van der Waals surface area contributed by atoms with E-state index in [4.69, 9.17) is 23.2 Å². The first-order chi connectivity index (χ1) is 13.8. The van der Waals surface area contributed by atoms with Gasteiger partial charge in [-0.3, -0.25) is 14.3 Å². The van der Waals surface area contributed by atoms with Gasteiger partial charge in [0.25, 0.3) is 5.56 Å². The number of benzene rings is 1. The number of rotatable bonds is 3. The molecule has 1 aromatic heterocycles. The summed E-state index contributed by atoms with van der Waals surface area (Å²) in [7, 11) is 0. The van der Waals surface area contributed by atoms with Crippen molar-refractivity contribution >= 4 is 23.2 Å². The molecule has 2 aromatic rings. The van der Waals surface area contributed by atoms with Crippen molar-refractivity contribution in [3.63, 3.8) is 0 Å². The largest absolute Gasteiger partial charge is 0.298 e. The average Bonchev–Trinajstić information content (AvgIpc) is 3.12. The van der Waals surface area contributed by atoms with Crippen molar-refractivity contribution < 1.29 is 0 Å². The van der Waals surface area contributed by atoms with Crippen LogP contribution in [0.2, 0.25) is 10.0 Å². The molecule has 1 aliphatic heterocycles. The number of hydrogen-bond acceptors (Lipinski definition) is 2. The summed E-state index contributed by atoms with van der Waals surface area (Å²) in [5.41, 5.74) is 3.00. The van der Waals surface area contributed by atoms with Gasteiger partial charge in [0, 0.05) is 23.8 Å². The first kappa shape index (κ1) is 21.0. The van der Waals surface area contributed by atoms with E-state index in [0.29, 0.717) is 27.2 Å². The van der Waals surface area contributed by atoms with Crippen LogP contribution in [-0.4, -0.2) is 28.1 Å². The van der Waals surface area contributed by atoms with E-state index in [1.165, 1.54) is 37.9 Å². The van der Waals surface area contributed by atoms with Crippen molar-refractivity contribution in [2.24, 2.45) is 5.92 Å². The second-order valence-electron chi connectivity index (χ2n) is 9.29. The zero-order chi connectivity index (χ0) is 20.8. The molecule has 0 N–H and O–H groups in total. The summed E-state index contributed by atoms with van der Waals surface area (Å²) in [6.07, 6.45) is 6.01. The van der Waals surface area contributed by atoms with Gasteiger partial charge in [-0.1, -0.05) is 36.2 Å². The smallest absolute Gasteiger partial charge is 0.255 e. The highest BCUT2D eigenvalue weighted by Gasteiger charge is 2.39. The van der Waals surface area contributed by atoms with Gasteiger partial charge in [0.1, 0.15) is 0 Å². The lowest BCUT2D eigenvalue weighted by Crippen LogP contribution is -2.47. The number of likely N-dealkylation sites (tertiary alicyclic amines) is 1. The molecule has 0 bridgehead atoms. The monoisotopic (exact) mass is 432 g/mol. The molecule has 1 saturated heterocycles. The molecule has 156 valence electrons. The van der Waals surface area contributed by atoms with E-state index in [9.17, 15) is 4.79 Å². The van der Waals surface area contributed by atoms with Crippen LogP contribution in [0.25, 0.3) is 5.69 Å². The van der Waals surface area contributed by atoms with Crippen molar-refractivity contribution in [3.05, 3.63) is 62.0 Å². The summed E-state index contributed by atoms with van der Waals surface area (Å²) < 4.78 is 1.66. The summed E-state index contributed by atoms with van der Waals surface area (Å²) in [6.45, 7) is 9.24. The fourth-order valence-electron chi connectivity index (χ4n) is 5.25. The molecule has 4 rings (SSSR count). The molecule has 1 aliphatic carbocycles. The van der Waals surface area contributed by atoms with Gasteiger partial charge in [0.2, 0.25) is 0 Å². The van der Waals surface area contributed by atoms with Crippen LogP contribution in [0.15, 0.2) is 35.1 Å². The van der Waals surface area contributed by atoms with Crippen molar-refractivity contribution in [3.8, 4) is 5.69 Å². The van der Waals surface area contributed by atoms with E-state index >= 15 is 0 Å². The molecule has 0 spiro atoms. The van der Waals surface area contributed by atoms with E-state index < -0.39 is 0 Å². The molecule has 1 aromatic carbocycles. The molecule has 2 aliphatic rings. The first-order valence-corrected chi connectivity index (χ1v) is 11.5. The zero-order valence-electron chi connectivity index (χ0n) is 17.5. The minimum Gasteiger partial charge on any atom is -0.298 e. The van der Waals surface area contributed by atoms with Gasteiger partial charge < -0.3 is 0 Å². The first-order valence-electron chi connectivity index (χ1n) is 10.7. The van der Waals surface area contributed by atoms with Crippen LogP contribution in [0.4, 0.5) is 0 Å². The molecule has 1 atom stereocenters. The van der Waals surface area contributed by atoms with E-state index in [0.717, 1.165) is 24.5 Å². The SMILES string of the molecule is Cc1cc(C2CCC(C)(N3CC[C@H](C)C3)CC2)cc(=O)n1-c1cccc(Cl)c1Cl. The number of halogens is 2. The predicted molar refractivity (Wildman–Crippen MR) is 122 cm³/mol. The van der Waals surface area contributed by atoms with Gasteiger partial charge >= 0.3 is 0 Å². The Labute approximate surface area is 183 Å². The Bertz CT molecular complexity index is 960. The van der Waals surface area contributed by atoms with Crippen molar-refractivity contribution in [1.29, 1.82) is 0 Å². The van der Waals surface area contributed by atoms with Gasteiger partial charge in [-0.2, -0.15) is 0 Å². The number of pyridine rings is 1. The Balaban J connectivity index is 1.55. The fraction of sp³-hybridized carbons (Fsp3) is 0.542. The standard InChI is InChI=1S/C24H30Cl2N2O/c1-16-9-12-27(15-16)24(3)10-7-18(8-11-24)19-13-17(2)28(22(29)14-19)21-6-4-5-20(25)23(21)26/h4-6,13-14,16,18H,7-12,15H2,1-3H3/t16-,18?,24?/m0/s1. The summed E-state index contributed by atoms with van der Waals surface area (Å²) in [6, 6.07) is 9.36. The molecule has 5 heteroatoms. The Morgan fingerprint density at radius 3 is 2.45 bits per heavy atom. The summed E-state index contributed by atoms with van der Waals surface area (Å²) >= 11 is 12.5. The number of aromatic nitrogens is 1. The molecule has 2 heterocycles. The van der Waals surface area contributed by atoms with E-state index in [1.54, 1.807) is 16.7 Å². The fourth-order valence-corrected chi connectivity index (χ4v) is 5.63. The van der Waals surface area contributed by atoms with Crippen LogP contribution in [0.3, 0.4) is 0 Å². The Hall–Kier alpha value is -1.29. The number of aryl methyl sites for hydroxylation is 1. The maximum absolute atomic E-state index is 13.0. The Kier molecular flexibility index (Phi) is 5.85. The van der Waals surface area contributed by atoms with E-state index in [1.807, 2.05) is 19.1 Å². The van der Waals surface area contributed by atoms with Gasteiger partial charge in [0.05, 0.1) is 15.7 Å². The minimum atomic E-state index is -0.0362. The summed E-state index contributed by atoms with van der Waals surface area (Å²) in [5, 5.41) is 0.878. The lowest BCUT2D eigenvalue weighted by atomic mass is 9.74. The molecule has 1 saturated carbocycles. The third kappa shape index (κ3) is 4.02. The normalized spacial score (nSPS) is 28.0. The molecule has 3 nitrogen and oxygen atoms in total. The Morgan fingerprint density at radius 2 is 1.83 bits per heavy atom. The lowest BCUT2D eigenvalue weighted by Gasteiger charge is -2.44. The van der Waals surface area contributed by atoms with Crippen LogP contribution in [0.1, 0.15) is 63.1 Å². The maximum Gasteiger partial charge on any atom is 0.255 e. The minimum absolute atomic E-state index is 0.0362. The average molecular weight is 433 g/mol. The molecular weight excluding hydrogens is 403 g/mol. The van der Waals surface area contributed by atoms with Crippen molar-refractivity contribution in [2.75, 3.05) is 13.1 Å². The molecule has 29 heavy (non-hydrogen) atoms. The van der Waals surface area contributed by atoms with E-state index in [2.05, 4.69) is 24.8 Å². The molecule has 2 fully saturated rings. The predicted octanol–water partition coefficient (Wildman–Crippen LogP) is 6.21. The lowest BCUT2D eigenvalue weighted by molar-refractivity contribution is 0.0810. The van der Waals surface area contributed by atoms with Crippen molar-refractivity contribution in [2.45, 2.75) is 64.3 Å². The van der Waals surface area contributed by atoms with Crippen molar-refractivity contribution in [1.82, 2.24) is 9.47 Å². The molecular formula is C24H30Cl2N2O. The quantitative estimate of drug-likeness (QED) is 0.575. The second kappa shape index (κ2) is 8.09. The molecule has 0 amide bonds. The van der Waals surface area contributed by atoms with Crippen LogP contribution in [-0.2, 0) is 0 Å². The van der Waals surface area contributed by atoms with Gasteiger partial charge in [0.15, 0.2) is 0 Å². The topological polar surface area (TPSA) is 25.2 Å². The Morgan fingerprint density at radius 1 is 1.10 bits per heavy atom. The highest BCUT2D eigenvalue weighted by molar-refractivity contribution is 6.43. The van der Waals surface area contributed by atoms with Gasteiger partial charge in [-0.25, -0.2) is 0 Å². The zero-order valence-corrected chi connectivity index (χ0v) is 19.1. The summed E-state index contributed by atoms with van der Waals surface area (Å²) in [5.74, 6) is 1.28. The number of nitrogens with zero attached hydrogens (tertiary/aromatic N) is 2. The highest BCUT2D eigenvalue weighted by Crippen LogP contribution is 2.42.